The molecule has 13 heavy (non-hydrogen) atoms. The molecule has 0 spiro atoms. The molecule has 78 valence electrons. The van der Waals surface area contributed by atoms with Gasteiger partial charge in [0.1, 0.15) is 0 Å². The topological polar surface area (TPSA) is 37.3 Å². The Kier molecular flexibility index (Phi) is 6.65. The first-order valence-electron chi connectivity index (χ1n) is 2.86. The predicted octanol–water partition coefficient (Wildman–Crippen LogP) is 2.42. The smallest absolute Gasteiger partial charge is 0.341 e. The molecule has 0 rings (SSSR count). The number of carboxylic acids is 1. The molecule has 2 nitrogen and oxygen atoms in total. The lowest BCUT2D eigenvalue weighted by atomic mass is 10.4. The standard InChI is InChI=1S/C3H4F4.C3H4O2S/c1-3(6,7)2(4)5;1-2(6)3(4)5/h2H,1H3;6H,1H2,(H,4,5). The Bertz CT molecular complexity index is 176. The van der Waals surface area contributed by atoms with Crippen LogP contribution >= 0.6 is 12.6 Å². The van der Waals surface area contributed by atoms with Crippen LogP contribution in [0.3, 0.4) is 0 Å². The van der Waals surface area contributed by atoms with Crippen LogP contribution in [0.5, 0.6) is 0 Å². The SMILES string of the molecule is C=C(S)C(=O)O.CC(F)(F)C(F)F. The number of hydrogen-bond acceptors (Lipinski definition) is 2. The average molecular weight is 220 g/mol. The summed E-state index contributed by atoms with van der Waals surface area (Å²) in [6.07, 6.45) is -3.53. The van der Waals surface area contributed by atoms with Crippen LogP contribution in [0.4, 0.5) is 17.6 Å². The van der Waals surface area contributed by atoms with E-state index in [2.05, 4.69) is 19.2 Å². The molecule has 0 heterocycles. The number of carboxylic acid groups (broad SMARTS) is 1. The van der Waals surface area contributed by atoms with Crippen LogP contribution in [0.25, 0.3) is 0 Å². The number of thiol groups is 1. The number of alkyl halides is 4. The highest BCUT2D eigenvalue weighted by Gasteiger charge is 2.33. The van der Waals surface area contributed by atoms with E-state index in [0.717, 1.165) is 0 Å². The molecule has 0 fully saturated rings. The van der Waals surface area contributed by atoms with E-state index in [1.54, 1.807) is 0 Å². The van der Waals surface area contributed by atoms with E-state index in [4.69, 9.17) is 5.11 Å². The van der Waals surface area contributed by atoms with Crippen molar-refractivity contribution in [2.45, 2.75) is 19.3 Å². The predicted molar refractivity (Wildman–Crippen MR) is 42.4 cm³/mol. The summed E-state index contributed by atoms with van der Waals surface area (Å²) in [7, 11) is 0. The molecular weight excluding hydrogens is 212 g/mol. The molecule has 0 aromatic carbocycles. The third-order valence-corrected chi connectivity index (χ3v) is 0.821. The fourth-order valence-electron chi connectivity index (χ4n) is 0. The Morgan fingerprint density at radius 3 is 1.69 bits per heavy atom. The van der Waals surface area contributed by atoms with Gasteiger partial charge in [0.2, 0.25) is 0 Å². The fraction of sp³-hybridized carbons (Fsp3) is 0.500. The molecular formula is C6H8F4O2S. The van der Waals surface area contributed by atoms with E-state index < -0.39 is 18.3 Å². The van der Waals surface area contributed by atoms with Crippen molar-refractivity contribution in [3.05, 3.63) is 11.5 Å². The summed E-state index contributed by atoms with van der Waals surface area (Å²) in [5, 5.41) is 7.81. The second kappa shape index (κ2) is 5.85. The lowest BCUT2D eigenvalue weighted by Gasteiger charge is -2.05. The van der Waals surface area contributed by atoms with Gasteiger partial charge in [0.05, 0.1) is 4.91 Å². The van der Waals surface area contributed by atoms with Crippen LogP contribution in [0.2, 0.25) is 0 Å². The van der Waals surface area contributed by atoms with E-state index in [1.807, 2.05) is 0 Å². The molecule has 0 radical (unpaired) electrons. The molecule has 0 aromatic heterocycles. The number of rotatable bonds is 2. The molecule has 0 bridgehead atoms. The van der Waals surface area contributed by atoms with Crippen LogP contribution in [-0.2, 0) is 4.79 Å². The summed E-state index contributed by atoms with van der Waals surface area (Å²) >= 11 is 3.40. The second-order valence-corrected chi connectivity index (χ2v) is 2.55. The molecule has 0 unspecified atom stereocenters. The lowest BCUT2D eigenvalue weighted by molar-refractivity contribution is -0.131. The monoisotopic (exact) mass is 220 g/mol. The Hall–Kier alpha value is -0.720. The largest absolute Gasteiger partial charge is 0.477 e. The zero-order valence-corrected chi connectivity index (χ0v) is 7.49. The minimum Gasteiger partial charge on any atom is -0.477 e. The number of carbonyl (C=O) groups is 1. The highest BCUT2D eigenvalue weighted by atomic mass is 32.1. The van der Waals surface area contributed by atoms with Crippen molar-refractivity contribution in [2.24, 2.45) is 0 Å². The highest BCUT2D eigenvalue weighted by molar-refractivity contribution is 7.85. The van der Waals surface area contributed by atoms with E-state index in [1.165, 1.54) is 0 Å². The van der Waals surface area contributed by atoms with Gasteiger partial charge < -0.3 is 5.11 Å². The van der Waals surface area contributed by atoms with Gasteiger partial charge in [-0.2, -0.15) is 0 Å². The normalized spacial score (nSPS) is 10.4. The van der Waals surface area contributed by atoms with E-state index in [-0.39, 0.29) is 11.8 Å². The first kappa shape index (κ1) is 14.8. The van der Waals surface area contributed by atoms with Crippen molar-refractivity contribution in [3.63, 3.8) is 0 Å². The quantitative estimate of drug-likeness (QED) is 0.426. The minimum absolute atomic E-state index is 0.130. The van der Waals surface area contributed by atoms with E-state index in [9.17, 15) is 22.4 Å². The molecule has 0 aliphatic rings. The minimum atomic E-state index is -3.83. The molecule has 0 aromatic rings. The van der Waals surface area contributed by atoms with Gasteiger partial charge in [0.25, 0.3) is 0 Å². The van der Waals surface area contributed by atoms with Gasteiger partial charge in [-0.3, -0.25) is 0 Å². The number of aliphatic carboxylic acids is 1. The third kappa shape index (κ3) is 11.3. The zero-order valence-electron chi connectivity index (χ0n) is 6.60. The lowest BCUT2D eigenvalue weighted by Crippen LogP contribution is -2.20. The van der Waals surface area contributed by atoms with Gasteiger partial charge in [0.15, 0.2) is 0 Å². The summed E-state index contributed by atoms with van der Waals surface area (Å²) in [5.41, 5.74) is 0. The third-order valence-electron chi connectivity index (χ3n) is 0.630. The highest BCUT2D eigenvalue weighted by Crippen LogP contribution is 2.20. The average Bonchev–Trinajstić information content (AvgIpc) is 1.86. The first-order valence-corrected chi connectivity index (χ1v) is 3.31. The van der Waals surface area contributed by atoms with E-state index >= 15 is 0 Å². The maximum absolute atomic E-state index is 11.1. The van der Waals surface area contributed by atoms with E-state index in [0.29, 0.717) is 0 Å². The molecule has 1 N–H and O–H groups in total. The molecule has 7 heteroatoms. The van der Waals surface area contributed by atoms with Crippen molar-refractivity contribution in [2.75, 3.05) is 0 Å². The summed E-state index contributed by atoms with van der Waals surface area (Å²) < 4.78 is 43.8. The van der Waals surface area contributed by atoms with Crippen LogP contribution in [-0.4, -0.2) is 23.4 Å². The second-order valence-electron chi connectivity index (χ2n) is 2.01. The maximum Gasteiger partial charge on any atom is 0.341 e. The van der Waals surface area contributed by atoms with Crippen molar-refractivity contribution >= 4 is 18.6 Å². The van der Waals surface area contributed by atoms with Crippen LogP contribution in [0.15, 0.2) is 11.5 Å². The van der Waals surface area contributed by atoms with Gasteiger partial charge in [0, 0.05) is 6.92 Å². The molecule has 0 aliphatic carbocycles. The number of hydrogen-bond donors (Lipinski definition) is 2. The molecule has 0 aliphatic heterocycles. The Balaban J connectivity index is 0. The fourth-order valence-corrected chi connectivity index (χ4v) is 0. The first-order chi connectivity index (χ1) is 5.59. The molecule has 0 saturated carbocycles. The van der Waals surface area contributed by atoms with Crippen molar-refractivity contribution in [1.29, 1.82) is 0 Å². The van der Waals surface area contributed by atoms with Crippen molar-refractivity contribution in [1.82, 2.24) is 0 Å². The van der Waals surface area contributed by atoms with Crippen LogP contribution < -0.4 is 0 Å². The van der Waals surface area contributed by atoms with Crippen molar-refractivity contribution in [3.8, 4) is 0 Å². The Labute approximate surface area is 77.7 Å². The molecule has 0 amide bonds. The summed E-state index contributed by atoms with van der Waals surface area (Å²) in [4.78, 5) is 9.39. The van der Waals surface area contributed by atoms with Crippen LogP contribution in [0, 0.1) is 0 Å². The summed E-state index contributed by atoms with van der Waals surface area (Å²) in [6.45, 7) is 3.20. The zero-order chi connectivity index (χ0) is 11.2. The summed E-state index contributed by atoms with van der Waals surface area (Å²) in [5.74, 6) is -4.90. The van der Waals surface area contributed by atoms with Gasteiger partial charge in [-0.05, 0) is 0 Å². The van der Waals surface area contributed by atoms with Crippen molar-refractivity contribution < 1.29 is 27.5 Å². The van der Waals surface area contributed by atoms with Gasteiger partial charge in [-0.25, -0.2) is 22.4 Å². The van der Waals surface area contributed by atoms with Gasteiger partial charge >= 0.3 is 18.3 Å². The maximum atomic E-state index is 11.1. The van der Waals surface area contributed by atoms with Crippen LogP contribution in [0.1, 0.15) is 6.92 Å². The Morgan fingerprint density at radius 2 is 1.69 bits per heavy atom. The molecule has 0 atom stereocenters. The molecule has 0 saturated heterocycles. The van der Waals surface area contributed by atoms with Gasteiger partial charge in [-0.15, -0.1) is 12.6 Å². The Morgan fingerprint density at radius 1 is 1.54 bits per heavy atom. The summed E-state index contributed by atoms with van der Waals surface area (Å²) in [6, 6.07) is 0. The number of halogens is 4. The van der Waals surface area contributed by atoms with Gasteiger partial charge in [-0.1, -0.05) is 6.58 Å².